The molecule has 0 saturated heterocycles. The fourth-order valence-electron chi connectivity index (χ4n) is 5.66. The van der Waals surface area contributed by atoms with Crippen LogP contribution in [0.2, 0.25) is 0 Å². The molecule has 4 aromatic carbocycles. The maximum Gasteiger partial charge on any atom is 0.0464 e. The van der Waals surface area contributed by atoms with Crippen molar-refractivity contribution in [1.82, 2.24) is 0 Å². The van der Waals surface area contributed by atoms with Crippen LogP contribution >= 0.6 is 0 Å². The Labute approximate surface area is 238 Å². The van der Waals surface area contributed by atoms with E-state index in [0.717, 1.165) is 42.7 Å². The number of allylic oxidation sites excluding steroid dienone is 7. The summed E-state index contributed by atoms with van der Waals surface area (Å²) in [5.74, 6) is 0. The molecule has 0 radical (unpaired) electrons. The first-order chi connectivity index (χ1) is 19.7. The average molecular weight is 521 g/mol. The standard InChI is InChI=1S/C38H36N2/c1-29-11-9-17-37(27-29)39(33-13-5-3-6-14-33)35-23-19-31(20-24-35)32-21-25-36(26-22-32)40(34-15-7-4-8-16-34)38-18-10-12-30(2)28-38/h3,5-7,9,11-17,19-28H,4,8,10,18H2,1-2H3. The molecular formula is C38H36N2. The molecule has 0 aromatic heterocycles. The molecule has 0 bridgehead atoms. The Balaban J connectivity index is 1.30. The van der Waals surface area contributed by atoms with Crippen molar-refractivity contribution in [2.45, 2.75) is 39.5 Å². The molecule has 2 aliphatic carbocycles. The lowest BCUT2D eigenvalue weighted by Gasteiger charge is -2.31. The second-order valence-electron chi connectivity index (χ2n) is 10.7. The van der Waals surface area contributed by atoms with Crippen molar-refractivity contribution in [3.8, 4) is 11.1 Å². The number of anilines is 4. The van der Waals surface area contributed by atoms with E-state index in [4.69, 9.17) is 0 Å². The number of para-hydroxylation sites is 1. The second kappa shape index (κ2) is 11.7. The second-order valence-corrected chi connectivity index (χ2v) is 10.7. The number of nitrogens with zero attached hydrogens (tertiary/aromatic N) is 2. The Bertz CT molecular complexity index is 1590. The van der Waals surface area contributed by atoms with E-state index in [0.29, 0.717) is 0 Å². The molecule has 0 N–H and O–H groups in total. The summed E-state index contributed by atoms with van der Waals surface area (Å²) in [5.41, 5.74) is 12.4. The van der Waals surface area contributed by atoms with E-state index in [1.165, 1.54) is 39.3 Å². The molecule has 0 unspecified atom stereocenters. The van der Waals surface area contributed by atoms with Gasteiger partial charge in [0.05, 0.1) is 0 Å². The molecule has 0 aliphatic heterocycles. The Kier molecular flexibility index (Phi) is 7.50. The van der Waals surface area contributed by atoms with E-state index in [9.17, 15) is 0 Å². The molecule has 0 atom stereocenters. The third-order valence-electron chi connectivity index (χ3n) is 7.64. The van der Waals surface area contributed by atoms with Gasteiger partial charge >= 0.3 is 0 Å². The predicted molar refractivity (Wildman–Crippen MR) is 171 cm³/mol. The van der Waals surface area contributed by atoms with Crippen LogP contribution in [0, 0.1) is 6.92 Å². The topological polar surface area (TPSA) is 6.48 Å². The van der Waals surface area contributed by atoms with Gasteiger partial charge in [0, 0.05) is 34.1 Å². The van der Waals surface area contributed by atoms with Gasteiger partial charge in [-0.05, 0) is 117 Å². The lowest BCUT2D eigenvalue weighted by atomic mass is 10.0. The summed E-state index contributed by atoms with van der Waals surface area (Å²) in [6, 6.07) is 37.2. The quantitative estimate of drug-likeness (QED) is 0.239. The first kappa shape index (κ1) is 25.7. The normalized spacial score (nSPS) is 14.7. The van der Waals surface area contributed by atoms with Crippen LogP contribution in [-0.4, -0.2) is 0 Å². The average Bonchev–Trinajstić information content (AvgIpc) is 3.00. The number of hydrogen-bond donors (Lipinski definition) is 0. The molecule has 198 valence electrons. The maximum atomic E-state index is 2.44. The van der Waals surface area contributed by atoms with Gasteiger partial charge in [-0.1, -0.05) is 78.4 Å². The summed E-state index contributed by atoms with van der Waals surface area (Å²) >= 11 is 0. The lowest BCUT2D eigenvalue weighted by molar-refractivity contribution is 0.877. The molecule has 0 saturated carbocycles. The molecule has 0 spiro atoms. The van der Waals surface area contributed by atoms with E-state index in [1.54, 1.807) is 0 Å². The van der Waals surface area contributed by atoms with E-state index < -0.39 is 0 Å². The Hall–Kier alpha value is -4.56. The molecule has 2 nitrogen and oxygen atoms in total. The largest absolute Gasteiger partial charge is 0.315 e. The van der Waals surface area contributed by atoms with Crippen LogP contribution in [0.3, 0.4) is 0 Å². The van der Waals surface area contributed by atoms with Gasteiger partial charge in [0.25, 0.3) is 0 Å². The van der Waals surface area contributed by atoms with Crippen LogP contribution < -0.4 is 9.80 Å². The van der Waals surface area contributed by atoms with Gasteiger partial charge < -0.3 is 9.80 Å². The van der Waals surface area contributed by atoms with Crippen LogP contribution in [0.1, 0.15) is 38.2 Å². The number of aryl methyl sites for hydroxylation is 1. The molecule has 0 heterocycles. The Morgan fingerprint density at radius 2 is 1.20 bits per heavy atom. The zero-order valence-corrected chi connectivity index (χ0v) is 23.4. The van der Waals surface area contributed by atoms with Crippen LogP contribution in [0.5, 0.6) is 0 Å². The number of rotatable bonds is 7. The van der Waals surface area contributed by atoms with Crippen LogP contribution in [-0.2, 0) is 0 Å². The van der Waals surface area contributed by atoms with Crippen molar-refractivity contribution in [2.24, 2.45) is 0 Å². The van der Waals surface area contributed by atoms with Crippen LogP contribution in [0.15, 0.2) is 150 Å². The molecular weight excluding hydrogens is 484 g/mol. The van der Waals surface area contributed by atoms with Gasteiger partial charge in [-0.15, -0.1) is 0 Å². The lowest BCUT2D eigenvalue weighted by Crippen LogP contribution is -2.22. The summed E-state index contributed by atoms with van der Waals surface area (Å²) in [5, 5.41) is 0. The van der Waals surface area contributed by atoms with E-state index in [-0.39, 0.29) is 0 Å². The van der Waals surface area contributed by atoms with Crippen LogP contribution in [0.4, 0.5) is 22.7 Å². The Morgan fingerprint density at radius 3 is 1.82 bits per heavy atom. The molecule has 6 rings (SSSR count). The highest BCUT2D eigenvalue weighted by atomic mass is 15.2. The highest BCUT2D eigenvalue weighted by molar-refractivity contribution is 5.79. The molecule has 0 fully saturated rings. The third kappa shape index (κ3) is 5.58. The monoisotopic (exact) mass is 520 g/mol. The van der Waals surface area contributed by atoms with Gasteiger partial charge in [0.2, 0.25) is 0 Å². The van der Waals surface area contributed by atoms with Crippen molar-refractivity contribution >= 4 is 22.7 Å². The minimum atomic E-state index is 1.06. The summed E-state index contributed by atoms with van der Waals surface area (Å²) < 4.78 is 0. The fourth-order valence-corrected chi connectivity index (χ4v) is 5.66. The zero-order valence-electron chi connectivity index (χ0n) is 23.4. The first-order valence-electron chi connectivity index (χ1n) is 14.3. The molecule has 2 heteroatoms. The smallest absolute Gasteiger partial charge is 0.0464 e. The van der Waals surface area contributed by atoms with Gasteiger partial charge in [0.15, 0.2) is 0 Å². The van der Waals surface area contributed by atoms with Gasteiger partial charge in [0.1, 0.15) is 0 Å². The summed E-state index contributed by atoms with van der Waals surface area (Å²) in [7, 11) is 0. The predicted octanol–water partition coefficient (Wildman–Crippen LogP) is 10.8. The summed E-state index contributed by atoms with van der Waals surface area (Å²) in [6.07, 6.45) is 16.0. The molecule has 2 aliphatic rings. The highest BCUT2D eigenvalue weighted by Gasteiger charge is 2.18. The highest BCUT2D eigenvalue weighted by Crippen LogP contribution is 2.37. The zero-order chi connectivity index (χ0) is 27.3. The minimum absolute atomic E-state index is 1.06. The first-order valence-corrected chi connectivity index (χ1v) is 14.3. The number of benzene rings is 4. The van der Waals surface area contributed by atoms with Gasteiger partial charge in [-0.2, -0.15) is 0 Å². The maximum absolute atomic E-state index is 2.44. The molecule has 4 aromatic rings. The Morgan fingerprint density at radius 1 is 0.550 bits per heavy atom. The fraction of sp³-hybridized carbons (Fsp3) is 0.158. The van der Waals surface area contributed by atoms with Crippen molar-refractivity contribution in [2.75, 3.05) is 9.80 Å². The molecule has 0 amide bonds. The number of hydrogen-bond acceptors (Lipinski definition) is 2. The molecule has 40 heavy (non-hydrogen) atoms. The third-order valence-corrected chi connectivity index (χ3v) is 7.64. The van der Waals surface area contributed by atoms with Crippen molar-refractivity contribution in [3.05, 3.63) is 156 Å². The van der Waals surface area contributed by atoms with Crippen molar-refractivity contribution in [3.63, 3.8) is 0 Å². The van der Waals surface area contributed by atoms with Crippen molar-refractivity contribution in [1.29, 1.82) is 0 Å². The van der Waals surface area contributed by atoms with E-state index in [1.807, 2.05) is 0 Å². The minimum Gasteiger partial charge on any atom is -0.315 e. The van der Waals surface area contributed by atoms with E-state index >= 15 is 0 Å². The SMILES string of the molecule is CC1=CCCC(N(C2=CCCC=C2)c2ccc(-c3ccc(N(c4ccccc4)c4cccc(C)c4)cc3)cc2)=C1. The summed E-state index contributed by atoms with van der Waals surface area (Å²) in [6.45, 7) is 4.34. The van der Waals surface area contributed by atoms with Gasteiger partial charge in [-0.25, -0.2) is 0 Å². The van der Waals surface area contributed by atoms with Crippen LogP contribution in [0.25, 0.3) is 11.1 Å². The van der Waals surface area contributed by atoms with Gasteiger partial charge in [-0.3, -0.25) is 0 Å². The van der Waals surface area contributed by atoms with E-state index in [2.05, 4.69) is 157 Å². The van der Waals surface area contributed by atoms with Crippen molar-refractivity contribution < 1.29 is 0 Å². The summed E-state index contributed by atoms with van der Waals surface area (Å²) in [4.78, 5) is 4.76.